The Morgan fingerprint density at radius 1 is 1.12 bits per heavy atom. The summed E-state index contributed by atoms with van der Waals surface area (Å²) in [6.07, 6.45) is 3.20. The number of rotatable bonds is 1. The van der Waals surface area contributed by atoms with E-state index in [1.165, 1.54) is 12.1 Å². The Balaban J connectivity index is 0.000000181. The van der Waals surface area contributed by atoms with Crippen molar-refractivity contribution >= 4 is 17.6 Å². The zero-order chi connectivity index (χ0) is 12.7. The number of nitrogen functional groups attached to an aromatic ring is 2. The molecule has 1 aromatic carbocycles. The van der Waals surface area contributed by atoms with Crippen molar-refractivity contribution in [2.45, 2.75) is 0 Å². The molecule has 1 heterocycles. The van der Waals surface area contributed by atoms with Crippen LogP contribution in [-0.2, 0) is 0 Å². The molecule has 2 rings (SSSR count). The van der Waals surface area contributed by atoms with E-state index in [2.05, 4.69) is 9.97 Å². The Hall–Kier alpha value is -2.63. The highest BCUT2D eigenvalue weighted by molar-refractivity contribution is 5.88. The normalized spacial score (nSPS) is 8.94. The Morgan fingerprint density at radius 2 is 1.76 bits per heavy atom. The molecular weight excluding hydrogens is 220 g/mol. The van der Waals surface area contributed by atoms with Gasteiger partial charge in [-0.25, -0.2) is 14.8 Å². The van der Waals surface area contributed by atoms with E-state index in [1.54, 1.807) is 30.6 Å². The van der Waals surface area contributed by atoms with Crippen molar-refractivity contribution in [3.63, 3.8) is 0 Å². The van der Waals surface area contributed by atoms with Gasteiger partial charge in [0.25, 0.3) is 0 Å². The number of carboxylic acid groups (broad SMARTS) is 1. The van der Waals surface area contributed by atoms with Crippen LogP contribution in [0, 0.1) is 0 Å². The average molecular weight is 232 g/mol. The van der Waals surface area contributed by atoms with E-state index < -0.39 is 5.97 Å². The second kappa shape index (κ2) is 6.06. The van der Waals surface area contributed by atoms with Crippen molar-refractivity contribution in [1.29, 1.82) is 0 Å². The van der Waals surface area contributed by atoms with Gasteiger partial charge in [0.1, 0.15) is 0 Å². The van der Waals surface area contributed by atoms with Crippen LogP contribution < -0.4 is 11.5 Å². The van der Waals surface area contributed by atoms with Gasteiger partial charge in [-0.15, -0.1) is 0 Å². The number of benzene rings is 1. The molecule has 0 spiro atoms. The molecule has 0 aliphatic carbocycles. The van der Waals surface area contributed by atoms with Crippen molar-refractivity contribution in [2.24, 2.45) is 0 Å². The van der Waals surface area contributed by atoms with E-state index in [0.29, 0.717) is 11.6 Å². The van der Waals surface area contributed by atoms with E-state index in [1.807, 2.05) is 0 Å². The maximum absolute atomic E-state index is 10.3. The summed E-state index contributed by atoms with van der Waals surface area (Å²) < 4.78 is 0. The standard InChI is InChI=1S/C7H7NO2.C4H5N3/c8-6-3-1-2-5(4-6)7(9)10;5-4-6-2-1-3-7-4/h1-4H,8H2,(H,9,10);1-3H,(H2,5,6,7). The average Bonchev–Trinajstić information content (AvgIpc) is 2.31. The lowest BCUT2D eigenvalue weighted by molar-refractivity contribution is 0.0697. The fourth-order valence-electron chi connectivity index (χ4n) is 0.982. The summed E-state index contributed by atoms with van der Waals surface area (Å²) in [4.78, 5) is 17.6. The molecular formula is C11H12N4O2. The molecule has 0 atom stereocenters. The van der Waals surface area contributed by atoms with Crippen molar-refractivity contribution < 1.29 is 9.90 Å². The molecule has 0 amide bonds. The minimum Gasteiger partial charge on any atom is -0.478 e. The van der Waals surface area contributed by atoms with Gasteiger partial charge in [0, 0.05) is 18.1 Å². The van der Waals surface area contributed by atoms with Gasteiger partial charge in [-0.3, -0.25) is 0 Å². The number of aromatic carboxylic acids is 1. The van der Waals surface area contributed by atoms with E-state index in [9.17, 15) is 4.79 Å². The molecule has 0 unspecified atom stereocenters. The summed E-state index contributed by atoms with van der Waals surface area (Å²) in [5.41, 5.74) is 11.2. The molecule has 0 fully saturated rings. The minimum atomic E-state index is -0.952. The third-order valence-corrected chi connectivity index (χ3v) is 1.72. The van der Waals surface area contributed by atoms with Crippen molar-refractivity contribution in [1.82, 2.24) is 9.97 Å². The van der Waals surface area contributed by atoms with Crippen LogP contribution in [0.3, 0.4) is 0 Å². The summed E-state index contributed by atoms with van der Waals surface area (Å²) in [6, 6.07) is 7.89. The smallest absolute Gasteiger partial charge is 0.335 e. The van der Waals surface area contributed by atoms with Crippen LogP contribution in [0.4, 0.5) is 11.6 Å². The SMILES string of the molecule is Nc1cccc(C(=O)O)c1.Nc1ncccn1. The number of aromatic nitrogens is 2. The third kappa shape index (κ3) is 4.61. The number of carboxylic acids is 1. The van der Waals surface area contributed by atoms with Crippen LogP contribution in [0.2, 0.25) is 0 Å². The predicted molar refractivity (Wildman–Crippen MR) is 64.3 cm³/mol. The van der Waals surface area contributed by atoms with Gasteiger partial charge in [-0.05, 0) is 24.3 Å². The van der Waals surface area contributed by atoms with E-state index in [4.69, 9.17) is 16.6 Å². The summed E-state index contributed by atoms with van der Waals surface area (Å²) in [5.74, 6) is -0.630. The first kappa shape index (κ1) is 12.4. The van der Waals surface area contributed by atoms with Crippen LogP contribution in [0.1, 0.15) is 10.4 Å². The van der Waals surface area contributed by atoms with Gasteiger partial charge < -0.3 is 16.6 Å². The monoisotopic (exact) mass is 232 g/mol. The van der Waals surface area contributed by atoms with Gasteiger partial charge in [0.15, 0.2) is 0 Å². The highest BCUT2D eigenvalue weighted by atomic mass is 16.4. The molecule has 2 aromatic rings. The number of nitrogens with two attached hydrogens (primary N) is 2. The largest absolute Gasteiger partial charge is 0.478 e. The fourth-order valence-corrected chi connectivity index (χ4v) is 0.982. The number of carbonyl (C=O) groups is 1. The highest BCUT2D eigenvalue weighted by Crippen LogP contribution is 2.05. The Bertz CT molecular complexity index is 488. The van der Waals surface area contributed by atoms with Crippen molar-refractivity contribution in [2.75, 3.05) is 11.5 Å². The topological polar surface area (TPSA) is 115 Å². The van der Waals surface area contributed by atoms with Crippen LogP contribution in [0.5, 0.6) is 0 Å². The molecule has 5 N–H and O–H groups in total. The van der Waals surface area contributed by atoms with Gasteiger partial charge in [0.2, 0.25) is 5.95 Å². The first-order valence-electron chi connectivity index (χ1n) is 4.71. The van der Waals surface area contributed by atoms with Crippen LogP contribution in [0.15, 0.2) is 42.7 Å². The maximum Gasteiger partial charge on any atom is 0.335 e. The summed E-state index contributed by atoms with van der Waals surface area (Å²) in [6.45, 7) is 0. The van der Waals surface area contributed by atoms with Gasteiger partial charge in [0.05, 0.1) is 5.56 Å². The Kier molecular flexibility index (Phi) is 4.44. The molecule has 17 heavy (non-hydrogen) atoms. The minimum absolute atomic E-state index is 0.222. The van der Waals surface area contributed by atoms with E-state index in [-0.39, 0.29) is 5.56 Å². The van der Waals surface area contributed by atoms with Crippen molar-refractivity contribution in [3.05, 3.63) is 48.3 Å². The molecule has 6 nitrogen and oxygen atoms in total. The van der Waals surface area contributed by atoms with Crippen LogP contribution in [-0.4, -0.2) is 21.0 Å². The third-order valence-electron chi connectivity index (χ3n) is 1.72. The van der Waals surface area contributed by atoms with E-state index >= 15 is 0 Å². The zero-order valence-corrected chi connectivity index (χ0v) is 8.95. The first-order chi connectivity index (χ1) is 8.09. The molecule has 0 radical (unpaired) electrons. The van der Waals surface area contributed by atoms with Gasteiger partial charge in [-0.1, -0.05) is 6.07 Å². The lowest BCUT2D eigenvalue weighted by Gasteiger charge is -1.93. The molecule has 0 saturated heterocycles. The maximum atomic E-state index is 10.3. The quantitative estimate of drug-likeness (QED) is 0.632. The number of nitrogens with zero attached hydrogens (tertiary/aromatic N) is 2. The van der Waals surface area contributed by atoms with Gasteiger partial charge in [-0.2, -0.15) is 0 Å². The fraction of sp³-hybridized carbons (Fsp3) is 0. The molecule has 6 heteroatoms. The predicted octanol–water partition coefficient (Wildman–Crippen LogP) is 1.03. The highest BCUT2D eigenvalue weighted by Gasteiger charge is 1.99. The molecule has 0 aliphatic heterocycles. The molecule has 88 valence electrons. The lowest BCUT2D eigenvalue weighted by Crippen LogP contribution is -1.96. The second-order valence-corrected chi connectivity index (χ2v) is 3.04. The van der Waals surface area contributed by atoms with Crippen LogP contribution in [0.25, 0.3) is 0 Å². The van der Waals surface area contributed by atoms with E-state index in [0.717, 1.165) is 0 Å². The van der Waals surface area contributed by atoms with Crippen molar-refractivity contribution in [3.8, 4) is 0 Å². The number of anilines is 2. The Morgan fingerprint density at radius 3 is 2.12 bits per heavy atom. The lowest BCUT2D eigenvalue weighted by atomic mass is 10.2. The van der Waals surface area contributed by atoms with Gasteiger partial charge >= 0.3 is 5.97 Å². The molecule has 0 saturated carbocycles. The zero-order valence-electron chi connectivity index (χ0n) is 8.95. The molecule has 0 bridgehead atoms. The first-order valence-corrected chi connectivity index (χ1v) is 4.71. The summed E-state index contributed by atoms with van der Waals surface area (Å²) >= 11 is 0. The number of hydrogen-bond acceptors (Lipinski definition) is 5. The second-order valence-electron chi connectivity index (χ2n) is 3.04. The molecule has 1 aromatic heterocycles. The number of hydrogen-bond donors (Lipinski definition) is 3. The summed E-state index contributed by atoms with van der Waals surface area (Å²) in [5, 5.41) is 8.45. The Labute approximate surface area is 97.9 Å². The summed E-state index contributed by atoms with van der Waals surface area (Å²) in [7, 11) is 0. The van der Waals surface area contributed by atoms with Crippen LogP contribution >= 0.6 is 0 Å². The molecule has 0 aliphatic rings.